The number of halogens is 6. The van der Waals surface area contributed by atoms with Crippen LogP contribution in [0.25, 0.3) is 0 Å². The molecular formula is C28H27F6N3O4. The normalized spacial score (nSPS) is 14.1. The number of rotatable bonds is 9. The highest BCUT2D eigenvalue weighted by Crippen LogP contribution is 2.39. The van der Waals surface area contributed by atoms with Crippen LogP contribution in [-0.2, 0) is 23.7 Å². The molecule has 220 valence electrons. The third-order valence-electron chi connectivity index (χ3n) is 6.56. The number of hydrogen-bond acceptors (Lipinski definition) is 6. The molecule has 7 nitrogen and oxygen atoms in total. The van der Waals surface area contributed by atoms with Gasteiger partial charge in [-0.3, -0.25) is 0 Å². The van der Waals surface area contributed by atoms with Crippen molar-refractivity contribution in [3.8, 4) is 11.5 Å². The first-order valence-corrected chi connectivity index (χ1v) is 12.5. The Balaban J connectivity index is 1.46. The minimum absolute atomic E-state index is 0.00995. The average Bonchev–Trinajstić information content (AvgIpc) is 2.94. The number of methoxy groups -OCH3 is 1. The number of carboxylic acids is 1. The van der Waals surface area contributed by atoms with E-state index in [1.54, 1.807) is 21.9 Å². The quantitative estimate of drug-likeness (QED) is 0.294. The molecule has 0 aromatic heterocycles. The molecule has 0 radical (unpaired) electrons. The molecule has 0 saturated carbocycles. The molecule has 1 fully saturated rings. The van der Waals surface area contributed by atoms with Crippen molar-refractivity contribution >= 4 is 23.0 Å². The summed E-state index contributed by atoms with van der Waals surface area (Å²) in [6.07, 6.45) is -9.13. The van der Waals surface area contributed by atoms with Crippen molar-refractivity contribution in [2.45, 2.75) is 18.9 Å². The maximum atomic E-state index is 14.1. The molecule has 1 aliphatic heterocycles. The Hall–Kier alpha value is -4.29. The molecule has 4 rings (SSSR count). The van der Waals surface area contributed by atoms with Crippen molar-refractivity contribution in [1.82, 2.24) is 0 Å². The fraction of sp³-hybridized carbons (Fsp3) is 0.321. The first-order valence-electron chi connectivity index (χ1n) is 12.5. The lowest BCUT2D eigenvalue weighted by atomic mass is 10.1. The first kappa shape index (κ1) is 29.7. The van der Waals surface area contributed by atoms with Crippen LogP contribution in [0.4, 0.5) is 43.4 Å². The Morgan fingerprint density at radius 1 is 0.902 bits per heavy atom. The summed E-state index contributed by atoms with van der Waals surface area (Å²) in [5, 5.41) is 11.7. The van der Waals surface area contributed by atoms with Crippen molar-refractivity contribution in [3.05, 3.63) is 77.4 Å². The number of carboxylic acid groups (broad SMARTS) is 1. The van der Waals surface area contributed by atoms with Gasteiger partial charge in [-0.2, -0.15) is 26.3 Å². The second kappa shape index (κ2) is 12.1. The standard InChI is InChI=1S/C28H27F6N3O4/c1-40-25-15-22(41-17-26(38)39)7-5-18(25)16-35-20-6-8-24(23(14-20)28(32,33)34)37-11-9-36(10-12-37)21-4-2-3-19(13-21)27(29,30)31/h2-8,13-15,35H,9-12,16-17H2,1H3,(H,38,39). The lowest BCUT2D eigenvalue weighted by molar-refractivity contribution is -0.139. The molecule has 1 heterocycles. The maximum Gasteiger partial charge on any atom is 0.418 e. The van der Waals surface area contributed by atoms with E-state index in [-0.39, 0.29) is 49.8 Å². The van der Waals surface area contributed by atoms with Gasteiger partial charge in [0.2, 0.25) is 0 Å². The summed E-state index contributed by atoms with van der Waals surface area (Å²) in [6.45, 7) is 0.483. The van der Waals surface area contributed by atoms with Crippen LogP contribution in [0, 0.1) is 0 Å². The number of nitrogens with zero attached hydrogens (tertiary/aromatic N) is 2. The largest absolute Gasteiger partial charge is 0.496 e. The number of anilines is 3. The minimum atomic E-state index is -4.65. The molecule has 3 aromatic carbocycles. The monoisotopic (exact) mass is 583 g/mol. The third kappa shape index (κ3) is 7.47. The lowest BCUT2D eigenvalue weighted by Gasteiger charge is -2.38. The van der Waals surface area contributed by atoms with Crippen LogP contribution in [0.1, 0.15) is 16.7 Å². The van der Waals surface area contributed by atoms with Gasteiger partial charge in [0.05, 0.1) is 18.2 Å². The van der Waals surface area contributed by atoms with Crippen molar-refractivity contribution in [2.24, 2.45) is 0 Å². The Kier molecular flexibility index (Phi) is 8.74. The molecule has 1 aliphatic rings. The minimum Gasteiger partial charge on any atom is -0.496 e. The Labute approximate surface area is 231 Å². The summed E-state index contributed by atoms with van der Waals surface area (Å²) in [6, 6.07) is 13.5. The van der Waals surface area contributed by atoms with Crippen LogP contribution < -0.4 is 24.6 Å². The smallest absolute Gasteiger partial charge is 0.418 e. The van der Waals surface area contributed by atoms with E-state index in [4.69, 9.17) is 14.6 Å². The highest BCUT2D eigenvalue weighted by Gasteiger charge is 2.36. The van der Waals surface area contributed by atoms with E-state index in [1.807, 2.05) is 0 Å². The number of alkyl halides is 6. The second-order valence-corrected chi connectivity index (χ2v) is 9.26. The van der Waals surface area contributed by atoms with Gasteiger partial charge in [0.25, 0.3) is 0 Å². The molecule has 0 unspecified atom stereocenters. The molecule has 0 bridgehead atoms. The highest BCUT2D eigenvalue weighted by molar-refractivity contribution is 5.68. The summed E-state index contributed by atoms with van der Waals surface area (Å²) in [4.78, 5) is 14.0. The maximum absolute atomic E-state index is 14.1. The first-order chi connectivity index (χ1) is 19.3. The molecule has 0 amide bonds. The van der Waals surface area contributed by atoms with Gasteiger partial charge >= 0.3 is 18.3 Å². The van der Waals surface area contributed by atoms with Gasteiger partial charge < -0.3 is 29.7 Å². The van der Waals surface area contributed by atoms with Gasteiger partial charge in [-0.15, -0.1) is 0 Å². The zero-order chi connectivity index (χ0) is 29.8. The van der Waals surface area contributed by atoms with Crippen LogP contribution in [0.5, 0.6) is 11.5 Å². The average molecular weight is 584 g/mol. The van der Waals surface area contributed by atoms with E-state index in [9.17, 15) is 31.1 Å². The number of piperazine rings is 1. The molecule has 2 N–H and O–H groups in total. The summed E-state index contributed by atoms with van der Waals surface area (Å²) in [7, 11) is 1.41. The summed E-state index contributed by atoms with van der Waals surface area (Å²) in [5.74, 6) is -0.507. The second-order valence-electron chi connectivity index (χ2n) is 9.26. The van der Waals surface area contributed by atoms with E-state index < -0.39 is 36.1 Å². The van der Waals surface area contributed by atoms with Crippen LogP contribution in [0.15, 0.2) is 60.7 Å². The van der Waals surface area contributed by atoms with E-state index in [1.165, 1.54) is 37.4 Å². The fourth-order valence-corrected chi connectivity index (χ4v) is 4.54. The lowest BCUT2D eigenvalue weighted by Crippen LogP contribution is -2.47. The Bertz CT molecular complexity index is 1370. The molecule has 0 atom stereocenters. The van der Waals surface area contributed by atoms with Gasteiger partial charge in [-0.25, -0.2) is 4.79 Å². The molecule has 0 spiro atoms. The number of nitrogens with one attached hydrogen (secondary N) is 1. The van der Waals surface area contributed by atoms with Crippen LogP contribution >= 0.6 is 0 Å². The third-order valence-corrected chi connectivity index (χ3v) is 6.56. The predicted octanol–water partition coefficient (Wildman–Crippen LogP) is 6.13. The summed E-state index contributed by atoms with van der Waals surface area (Å²) >= 11 is 0. The van der Waals surface area contributed by atoms with Gasteiger partial charge in [0.1, 0.15) is 11.5 Å². The van der Waals surface area contributed by atoms with Gasteiger partial charge in [0, 0.05) is 61.4 Å². The highest BCUT2D eigenvalue weighted by atomic mass is 19.4. The summed E-state index contributed by atoms with van der Waals surface area (Å²) in [5.41, 5.74) is -0.425. The number of carbonyl (C=O) groups is 1. The van der Waals surface area contributed by atoms with E-state index >= 15 is 0 Å². The Morgan fingerprint density at radius 2 is 1.61 bits per heavy atom. The number of hydrogen-bond donors (Lipinski definition) is 2. The van der Waals surface area contributed by atoms with Crippen molar-refractivity contribution in [3.63, 3.8) is 0 Å². The molecule has 0 aliphatic carbocycles. The van der Waals surface area contributed by atoms with Crippen LogP contribution in [0.3, 0.4) is 0 Å². The van der Waals surface area contributed by atoms with Gasteiger partial charge in [-0.05, 0) is 48.5 Å². The fourth-order valence-electron chi connectivity index (χ4n) is 4.54. The number of aliphatic carboxylic acids is 1. The number of ether oxygens (including phenoxy) is 2. The SMILES string of the molecule is COc1cc(OCC(=O)O)ccc1CNc1ccc(N2CCN(c3cccc(C(F)(F)F)c3)CC2)c(C(F)(F)F)c1. The molecule has 3 aromatic rings. The zero-order valence-corrected chi connectivity index (χ0v) is 21.9. The van der Waals surface area contributed by atoms with E-state index in [0.29, 0.717) is 17.0 Å². The topological polar surface area (TPSA) is 74.3 Å². The molecule has 41 heavy (non-hydrogen) atoms. The van der Waals surface area contributed by atoms with Crippen molar-refractivity contribution in [1.29, 1.82) is 0 Å². The van der Waals surface area contributed by atoms with Crippen LogP contribution in [-0.4, -0.2) is 51.0 Å². The molecular weight excluding hydrogens is 556 g/mol. The molecule has 13 heteroatoms. The summed E-state index contributed by atoms with van der Waals surface area (Å²) < 4.78 is 92.0. The van der Waals surface area contributed by atoms with E-state index in [2.05, 4.69) is 5.32 Å². The van der Waals surface area contributed by atoms with Crippen LogP contribution in [0.2, 0.25) is 0 Å². The zero-order valence-electron chi connectivity index (χ0n) is 21.9. The van der Waals surface area contributed by atoms with Gasteiger partial charge in [-0.1, -0.05) is 6.07 Å². The van der Waals surface area contributed by atoms with Crippen molar-refractivity contribution in [2.75, 3.05) is 55.0 Å². The number of benzene rings is 3. The van der Waals surface area contributed by atoms with Crippen molar-refractivity contribution < 1.29 is 45.7 Å². The Morgan fingerprint density at radius 3 is 2.24 bits per heavy atom. The molecule has 1 saturated heterocycles. The van der Waals surface area contributed by atoms with Gasteiger partial charge in [0.15, 0.2) is 6.61 Å². The van der Waals surface area contributed by atoms with E-state index in [0.717, 1.165) is 18.2 Å². The predicted molar refractivity (Wildman–Crippen MR) is 141 cm³/mol.